The third kappa shape index (κ3) is 3.13. The fraction of sp³-hybridized carbons (Fsp3) is 0.143. The molecule has 1 aromatic carbocycles. The number of terminal acetylenes is 1. The summed E-state index contributed by atoms with van der Waals surface area (Å²) in [6.45, 7) is 0.448. The van der Waals surface area contributed by atoms with Gasteiger partial charge in [-0.05, 0) is 30.3 Å². The highest BCUT2D eigenvalue weighted by atomic mass is 16.1. The number of benzene rings is 1. The number of rotatable bonds is 4. The summed E-state index contributed by atoms with van der Waals surface area (Å²) >= 11 is 0. The summed E-state index contributed by atoms with van der Waals surface area (Å²) in [7, 11) is 0. The molecule has 5 heteroatoms. The highest BCUT2D eigenvalue weighted by molar-refractivity contribution is 5.92. The van der Waals surface area contributed by atoms with Crippen molar-refractivity contribution in [3.05, 3.63) is 42.2 Å². The Morgan fingerprint density at radius 2 is 2.11 bits per heavy atom. The Balaban J connectivity index is 2.08. The van der Waals surface area contributed by atoms with Crippen molar-refractivity contribution in [3.8, 4) is 18.0 Å². The van der Waals surface area contributed by atoms with Gasteiger partial charge in [-0.2, -0.15) is 5.10 Å². The van der Waals surface area contributed by atoms with Crippen molar-refractivity contribution >= 4 is 11.6 Å². The number of nitrogens with one attached hydrogen (secondary N) is 1. The van der Waals surface area contributed by atoms with Crippen molar-refractivity contribution < 1.29 is 4.79 Å². The summed E-state index contributed by atoms with van der Waals surface area (Å²) in [6.07, 6.45) is 7.34. The fourth-order valence-corrected chi connectivity index (χ4v) is 1.55. The Hall–Kier alpha value is -2.74. The molecule has 0 radical (unpaired) electrons. The van der Waals surface area contributed by atoms with Gasteiger partial charge in [-0.1, -0.05) is 0 Å². The number of nitrogens with zero attached hydrogens (tertiary/aromatic N) is 2. The van der Waals surface area contributed by atoms with Gasteiger partial charge in [-0.3, -0.25) is 4.79 Å². The lowest BCUT2D eigenvalue weighted by atomic mass is 10.3. The molecule has 1 amide bonds. The van der Waals surface area contributed by atoms with E-state index in [1.807, 2.05) is 12.1 Å². The zero-order valence-electron chi connectivity index (χ0n) is 10.3. The normalized spacial score (nSPS) is 9.84. The summed E-state index contributed by atoms with van der Waals surface area (Å²) in [5.74, 6) is 2.23. The van der Waals surface area contributed by atoms with Gasteiger partial charge in [0.1, 0.15) is 0 Å². The van der Waals surface area contributed by atoms with Crippen LogP contribution in [0.25, 0.3) is 5.69 Å². The van der Waals surface area contributed by atoms with E-state index in [2.05, 4.69) is 16.3 Å². The fourth-order valence-electron chi connectivity index (χ4n) is 1.55. The van der Waals surface area contributed by atoms with Crippen molar-refractivity contribution in [1.82, 2.24) is 15.1 Å². The Morgan fingerprint density at radius 3 is 2.79 bits per heavy atom. The predicted octanol–water partition coefficient (Wildman–Crippen LogP) is 1.21. The van der Waals surface area contributed by atoms with E-state index >= 15 is 0 Å². The van der Waals surface area contributed by atoms with E-state index in [4.69, 9.17) is 12.2 Å². The van der Waals surface area contributed by atoms with E-state index in [0.29, 0.717) is 24.3 Å². The number of anilines is 1. The maximum absolute atomic E-state index is 11.7. The molecule has 0 aliphatic rings. The van der Waals surface area contributed by atoms with Gasteiger partial charge in [0.15, 0.2) is 5.69 Å². The molecule has 0 bridgehead atoms. The van der Waals surface area contributed by atoms with E-state index in [1.54, 1.807) is 29.1 Å². The van der Waals surface area contributed by atoms with Gasteiger partial charge in [0.25, 0.3) is 5.91 Å². The Kier molecular flexibility index (Phi) is 3.84. The lowest BCUT2D eigenvalue weighted by Crippen LogP contribution is -2.24. The quantitative estimate of drug-likeness (QED) is 0.489. The molecule has 0 fully saturated rings. The van der Waals surface area contributed by atoms with E-state index in [-0.39, 0.29) is 5.91 Å². The highest BCUT2D eigenvalue weighted by Gasteiger charge is 2.09. The van der Waals surface area contributed by atoms with Crippen LogP contribution in [0.2, 0.25) is 0 Å². The molecule has 0 aliphatic heterocycles. The third-order valence-corrected chi connectivity index (χ3v) is 2.53. The Bertz CT molecular complexity index is 607. The van der Waals surface area contributed by atoms with Crippen molar-refractivity contribution in [2.45, 2.75) is 6.42 Å². The first kappa shape index (κ1) is 12.7. The molecule has 19 heavy (non-hydrogen) atoms. The summed E-state index contributed by atoms with van der Waals surface area (Å²) < 4.78 is 1.62. The largest absolute Gasteiger partial charge is 0.399 e. The van der Waals surface area contributed by atoms with Gasteiger partial charge in [-0.15, -0.1) is 12.3 Å². The van der Waals surface area contributed by atoms with Crippen LogP contribution in [0.15, 0.2) is 36.5 Å². The number of hydrogen-bond donors (Lipinski definition) is 2. The molecule has 2 rings (SSSR count). The first-order valence-corrected chi connectivity index (χ1v) is 5.84. The van der Waals surface area contributed by atoms with Crippen LogP contribution in [0, 0.1) is 12.3 Å². The standard InChI is InChI=1S/C14H14N4O/c1-2-3-9-16-14(19)13-8-10-18(17-13)12-6-4-11(15)5-7-12/h1,4-8,10H,3,9,15H2,(H,16,19). The van der Waals surface area contributed by atoms with E-state index in [9.17, 15) is 4.79 Å². The smallest absolute Gasteiger partial charge is 0.271 e. The molecule has 5 nitrogen and oxygen atoms in total. The molecule has 96 valence electrons. The van der Waals surface area contributed by atoms with Crippen LogP contribution in [0.1, 0.15) is 16.9 Å². The van der Waals surface area contributed by atoms with Gasteiger partial charge in [0, 0.05) is 24.8 Å². The number of carbonyl (C=O) groups is 1. The molecule has 0 atom stereocenters. The summed E-state index contributed by atoms with van der Waals surface area (Å²) in [6, 6.07) is 8.89. The average Bonchev–Trinajstić information content (AvgIpc) is 2.89. The molecule has 0 saturated heterocycles. The number of nitrogen functional groups attached to an aromatic ring is 1. The molecule has 0 saturated carbocycles. The highest BCUT2D eigenvalue weighted by Crippen LogP contribution is 2.10. The average molecular weight is 254 g/mol. The van der Waals surface area contributed by atoms with Crippen LogP contribution < -0.4 is 11.1 Å². The predicted molar refractivity (Wildman–Crippen MR) is 73.8 cm³/mol. The van der Waals surface area contributed by atoms with Crippen LogP contribution in [-0.2, 0) is 0 Å². The molecule has 3 N–H and O–H groups in total. The summed E-state index contributed by atoms with van der Waals surface area (Å²) in [5, 5.41) is 6.90. The second-order valence-electron chi connectivity index (χ2n) is 3.95. The van der Waals surface area contributed by atoms with Crippen molar-refractivity contribution in [1.29, 1.82) is 0 Å². The van der Waals surface area contributed by atoms with E-state index in [1.165, 1.54) is 0 Å². The van der Waals surface area contributed by atoms with Crippen LogP contribution in [-0.4, -0.2) is 22.2 Å². The lowest BCUT2D eigenvalue weighted by molar-refractivity contribution is 0.0949. The summed E-state index contributed by atoms with van der Waals surface area (Å²) in [5.41, 5.74) is 7.50. The van der Waals surface area contributed by atoms with E-state index in [0.717, 1.165) is 5.69 Å². The van der Waals surface area contributed by atoms with Gasteiger partial charge in [-0.25, -0.2) is 4.68 Å². The number of hydrogen-bond acceptors (Lipinski definition) is 3. The first-order valence-electron chi connectivity index (χ1n) is 5.84. The zero-order chi connectivity index (χ0) is 13.7. The van der Waals surface area contributed by atoms with Crippen LogP contribution in [0.3, 0.4) is 0 Å². The molecule has 2 aromatic rings. The number of amides is 1. The lowest BCUT2D eigenvalue weighted by Gasteiger charge is -2.02. The Labute approximate surface area is 111 Å². The molecule has 0 spiro atoms. The molecule has 1 heterocycles. The molecule has 0 aliphatic carbocycles. The number of carbonyl (C=O) groups excluding carboxylic acids is 1. The van der Waals surface area contributed by atoms with Crippen LogP contribution in [0.5, 0.6) is 0 Å². The van der Waals surface area contributed by atoms with Gasteiger partial charge in [0.2, 0.25) is 0 Å². The van der Waals surface area contributed by atoms with Crippen molar-refractivity contribution in [3.63, 3.8) is 0 Å². The SMILES string of the molecule is C#CCCNC(=O)c1ccn(-c2ccc(N)cc2)n1. The maximum atomic E-state index is 11.7. The molecular weight excluding hydrogens is 240 g/mol. The summed E-state index contributed by atoms with van der Waals surface area (Å²) in [4.78, 5) is 11.7. The molecule has 0 unspecified atom stereocenters. The molecular formula is C14H14N4O. The first-order chi connectivity index (χ1) is 9.20. The van der Waals surface area contributed by atoms with E-state index < -0.39 is 0 Å². The van der Waals surface area contributed by atoms with Gasteiger partial charge in [0.05, 0.1) is 5.69 Å². The van der Waals surface area contributed by atoms with Crippen molar-refractivity contribution in [2.24, 2.45) is 0 Å². The van der Waals surface area contributed by atoms with Gasteiger partial charge < -0.3 is 11.1 Å². The number of nitrogens with two attached hydrogens (primary N) is 1. The minimum absolute atomic E-state index is 0.232. The van der Waals surface area contributed by atoms with Gasteiger partial charge >= 0.3 is 0 Å². The minimum atomic E-state index is -0.232. The third-order valence-electron chi connectivity index (χ3n) is 2.53. The molecule has 1 aromatic heterocycles. The van der Waals surface area contributed by atoms with Crippen LogP contribution >= 0.6 is 0 Å². The zero-order valence-corrected chi connectivity index (χ0v) is 10.3. The second kappa shape index (κ2) is 5.74. The van der Waals surface area contributed by atoms with Crippen LogP contribution in [0.4, 0.5) is 5.69 Å². The second-order valence-corrected chi connectivity index (χ2v) is 3.95. The minimum Gasteiger partial charge on any atom is -0.399 e. The van der Waals surface area contributed by atoms with Crippen molar-refractivity contribution in [2.75, 3.05) is 12.3 Å². The topological polar surface area (TPSA) is 72.9 Å². The number of aromatic nitrogens is 2. The monoisotopic (exact) mass is 254 g/mol. The maximum Gasteiger partial charge on any atom is 0.271 e. The Morgan fingerprint density at radius 1 is 1.37 bits per heavy atom.